The second-order valence-corrected chi connectivity index (χ2v) is 6.25. The molecule has 2 aromatic heterocycles. The van der Waals surface area contributed by atoms with E-state index in [9.17, 15) is 0 Å². The molecule has 1 aliphatic heterocycles. The number of aliphatic hydroxyl groups excluding tert-OH is 1. The second kappa shape index (κ2) is 6.36. The monoisotopic (exact) mass is 321 g/mol. The van der Waals surface area contributed by atoms with Gasteiger partial charge in [-0.15, -0.1) is 0 Å². The van der Waals surface area contributed by atoms with Gasteiger partial charge in [0.25, 0.3) is 0 Å². The summed E-state index contributed by atoms with van der Waals surface area (Å²) in [7, 11) is 0. The summed E-state index contributed by atoms with van der Waals surface area (Å²) < 4.78 is 5.52. The molecule has 0 saturated carbocycles. The van der Waals surface area contributed by atoms with Gasteiger partial charge in [0.15, 0.2) is 0 Å². The van der Waals surface area contributed by atoms with Gasteiger partial charge in [0.1, 0.15) is 11.0 Å². The van der Waals surface area contributed by atoms with Gasteiger partial charge < -0.3 is 14.7 Å². The number of hydrogen-bond donors (Lipinski definition) is 1. The van der Waals surface area contributed by atoms with Gasteiger partial charge in [-0.05, 0) is 22.9 Å². The molecule has 0 unspecified atom stereocenters. The molecule has 1 N–H and O–H groups in total. The van der Waals surface area contributed by atoms with Crippen LogP contribution in [0.15, 0.2) is 18.5 Å². The van der Waals surface area contributed by atoms with Crippen molar-refractivity contribution < 1.29 is 9.84 Å². The van der Waals surface area contributed by atoms with E-state index in [4.69, 9.17) is 21.4 Å². The van der Waals surface area contributed by atoms with Gasteiger partial charge in [0.05, 0.1) is 19.3 Å². The van der Waals surface area contributed by atoms with Crippen molar-refractivity contribution >= 4 is 28.2 Å². The standard InChI is InChI=1S/C16H20ClN3O2/c1-10(2)13-6-19-16(14-7-18-15(17)5-12(13)14)20-8-11(9-20)22-4-3-21/h5-7,10-11,21H,3-4,8-9H2,1-2H3. The first-order valence-electron chi connectivity index (χ1n) is 7.51. The summed E-state index contributed by atoms with van der Waals surface area (Å²) in [4.78, 5) is 11.0. The van der Waals surface area contributed by atoms with Crippen LogP contribution in [-0.4, -0.2) is 47.5 Å². The van der Waals surface area contributed by atoms with Gasteiger partial charge in [-0.2, -0.15) is 0 Å². The van der Waals surface area contributed by atoms with Gasteiger partial charge in [-0.1, -0.05) is 25.4 Å². The minimum atomic E-state index is 0.0587. The molecule has 0 atom stereocenters. The first-order chi connectivity index (χ1) is 10.6. The molecule has 0 bridgehead atoms. The van der Waals surface area contributed by atoms with Crippen molar-refractivity contribution in [2.75, 3.05) is 31.2 Å². The maximum absolute atomic E-state index is 8.80. The van der Waals surface area contributed by atoms with Crippen LogP contribution < -0.4 is 4.90 Å². The molecule has 3 rings (SSSR count). The zero-order valence-corrected chi connectivity index (χ0v) is 13.5. The van der Waals surface area contributed by atoms with E-state index >= 15 is 0 Å². The van der Waals surface area contributed by atoms with E-state index in [1.54, 1.807) is 6.20 Å². The van der Waals surface area contributed by atoms with E-state index in [0.29, 0.717) is 17.7 Å². The van der Waals surface area contributed by atoms with Crippen LogP contribution in [0.3, 0.4) is 0 Å². The van der Waals surface area contributed by atoms with Crippen LogP contribution in [0.1, 0.15) is 25.3 Å². The van der Waals surface area contributed by atoms with Crippen molar-refractivity contribution in [3.63, 3.8) is 0 Å². The van der Waals surface area contributed by atoms with Crippen LogP contribution in [0.2, 0.25) is 5.15 Å². The lowest BCUT2D eigenvalue weighted by atomic mass is 9.99. The molecule has 5 nitrogen and oxygen atoms in total. The lowest BCUT2D eigenvalue weighted by molar-refractivity contribution is 0.0134. The Morgan fingerprint density at radius 1 is 1.32 bits per heavy atom. The van der Waals surface area contributed by atoms with E-state index in [1.807, 2.05) is 12.3 Å². The normalized spacial score (nSPS) is 15.6. The summed E-state index contributed by atoms with van der Waals surface area (Å²) >= 11 is 6.07. The highest BCUT2D eigenvalue weighted by molar-refractivity contribution is 6.30. The van der Waals surface area contributed by atoms with Crippen molar-refractivity contribution in [3.8, 4) is 0 Å². The molecular weight excluding hydrogens is 302 g/mol. The molecule has 0 amide bonds. The highest BCUT2D eigenvalue weighted by atomic mass is 35.5. The van der Waals surface area contributed by atoms with E-state index in [0.717, 1.165) is 29.7 Å². The molecule has 1 fully saturated rings. The SMILES string of the molecule is CC(C)c1cnc(N2CC(OCCO)C2)c2cnc(Cl)cc12. The summed E-state index contributed by atoms with van der Waals surface area (Å²) in [6.07, 6.45) is 3.89. The van der Waals surface area contributed by atoms with Crippen molar-refractivity contribution in [2.45, 2.75) is 25.9 Å². The van der Waals surface area contributed by atoms with Gasteiger partial charge in [-0.3, -0.25) is 0 Å². The zero-order valence-electron chi connectivity index (χ0n) is 12.8. The van der Waals surface area contributed by atoms with Crippen LogP contribution in [0.25, 0.3) is 10.8 Å². The van der Waals surface area contributed by atoms with Crippen molar-refractivity contribution in [3.05, 3.63) is 29.2 Å². The van der Waals surface area contributed by atoms with E-state index < -0.39 is 0 Å². The van der Waals surface area contributed by atoms with Crippen molar-refractivity contribution in [1.29, 1.82) is 0 Å². The number of aliphatic hydroxyl groups is 1. The Bertz CT molecular complexity index is 672. The predicted molar refractivity (Wildman–Crippen MR) is 87.7 cm³/mol. The quantitative estimate of drug-likeness (QED) is 0.858. The highest BCUT2D eigenvalue weighted by Crippen LogP contribution is 2.33. The minimum absolute atomic E-state index is 0.0587. The number of halogens is 1. The molecule has 22 heavy (non-hydrogen) atoms. The van der Waals surface area contributed by atoms with Crippen LogP contribution in [0.4, 0.5) is 5.82 Å². The lowest BCUT2D eigenvalue weighted by Crippen LogP contribution is -2.53. The number of fused-ring (bicyclic) bond motifs is 1. The van der Waals surface area contributed by atoms with Crippen LogP contribution in [0.5, 0.6) is 0 Å². The lowest BCUT2D eigenvalue weighted by Gasteiger charge is -2.40. The van der Waals surface area contributed by atoms with Crippen LogP contribution >= 0.6 is 11.6 Å². The minimum Gasteiger partial charge on any atom is -0.394 e. The topological polar surface area (TPSA) is 58.5 Å². The Morgan fingerprint density at radius 2 is 2.09 bits per heavy atom. The fraction of sp³-hybridized carbons (Fsp3) is 0.500. The molecule has 0 radical (unpaired) electrons. The third kappa shape index (κ3) is 2.89. The van der Waals surface area contributed by atoms with Gasteiger partial charge in [-0.25, -0.2) is 9.97 Å². The molecule has 0 aliphatic carbocycles. The Kier molecular flexibility index (Phi) is 4.47. The molecule has 118 valence electrons. The number of anilines is 1. The Morgan fingerprint density at radius 3 is 2.77 bits per heavy atom. The smallest absolute Gasteiger partial charge is 0.138 e. The number of hydrogen-bond acceptors (Lipinski definition) is 5. The first kappa shape index (κ1) is 15.5. The maximum Gasteiger partial charge on any atom is 0.138 e. The average molecular weight is 322 g/mol. The average Bonchev–Trinajstić information content (AvgIpc) is 2.44. The Labute approximate surface area is 134 Å². The molecule has 1 saturated heterocycles. The maximum atomic E-state index is 8.80. The number of ether oxygens (including phenoxy) is 1. The summed E-state index contributed by atoms with van der Waals surface area (Å²) in [5.74, 6) is 1.30. The second-order valence-electron chi connectivity index (χ2n) is 5.87. The van der Waals surface area contributed by atoms with Crippen LogP contribution in [0, 0.1) is 0 Å². The first-order valence-corrected chi connectivity index (χ1v) is 7.89. The zero-order chi connectivity index (χ0) is 15.7. The molecule has 0 spiro atoms. The molecule has 0 aromatic carbocycles. The molecule has 3 heterocycles. The summed E-state index contributed by atoms with van der Waals surface area (Å²) in [6, 6.07) is 1.91. The van der Waals surface area contributed by atoms with Gasteiger partial charge >= 0.3 is 0 Å². The Hall–Kier alpha value is -1.43. The number of aromatic nitrogens is 2. The largest absolute Gasteiger partial charge is 0.394 e. The van der Waals surface area contributed by atoms with E-state index in [1.165, 1.54) is 5.56 Å². The van der Waals surface area contributed by atoms with Crippen molar-refractivity contribution in [1.82, 2.24) is 9.97 Å². The number of pyridine rings is 2. The third-order valence-corrected chi connectivity index (χ3v) is 4.17. The Balaban J connectivity index is 1.90. The number of rotatable bonds is 5. The third-order valence-electron chi connectivity index (χ3n) is 3.96. The number of nitrogens with zero attached hydrogens (tertiary/aromatic N) is 3. The van der Waals surface area contributed by atoms with Crippen LogP contribution in [-0.2, 0) is 4.74 Å². The molecule has 6 heteroatoms. The summed E-state index contributed by atoms with van der Waals surface area (Å²) in [6.45, 7) is 6.30. The fourth-order valence-electron chi connectivity index (χ4n) is 2.76. The fourth-order valence-corrected chi connectivity index (χ4v) is 2.92. The van der Waals surface area contributed by atoms with Gasteiger partial charge in [0, 0.05) is 30.9 Å². The van der Waals surface area contributed by atoms with E-state index in [-0.39, 0.29) is 12.7 Å². The molecular formula is C16H20ClN3O2. The van der Waals surface area contributed by atoms with Crippen molar-refractivity contribution in [2.24, 2.45) is 0 Å². The van der Waals surface area contributed by atoms with E-state index in [2.05, 4.69) is 28.7 Å². The molecule has 2 aromatic rings. The van der Waals surface area contributed by atoms with Gasteiger partial charge in [0.2, 0.25) is 0 Å². The highest BCUT2D eigenvalue weighted by Gasteiger charge is 2.30. The summed E-state index contributed by atoms with van der Waals surface area (Å²) in [5.41, 5.74) is 1.18. The summed E-state index contributed by atoms with van der Waals surface area (Å²) in [5, 5.41) is 11.4. The predicted octanol–water partition coefficient (Wildman–Crippen LogP) is 2.60. The molecule has 1 aliphatic rings.